The number of nitrogens with one attached hydrogen (secondary N) is 1. The van der Waals surface area contributed by atoms with Crippen molar-refractivity contribution in [3.8, 4) is 0 Å². The van der Waals surface area contributed by atoms with E-state index >= 15 is 0 Å². The zero-order valence-corrected chi connectivity index (χ0v) is 11.6. The van der Waals surface area contributed by atoms with Crippen LogP contribution in [0.4, 0.5) is 0 Å². The smallest absolute Gasteiger partial charge is 0.0939 e. The Kier molecular flexibility index (Phi) is 3.79. The van der Waals surface area contributed by atoms with Gasteiger partial charge in [0.15, 0.2) is 0 Å². The van der Waals surface area contributed by atoms with Gasteiger partial charge in [0.2, 0.25) is 0 Å². The number of nitrogens with zero attached hydrogens (tertiary/aromatic N) is 1. The van der Waals surface area contributed by atoms with E-state index < -0.39 is 0 Å². The van der Waals surface area contributed by atoms with E-state index in [2.05, 4.69) is 49.3 Å². The van der Waals surface area contributed by atoms with Crippen molar-refractivity contribution in [2.75, 3.05) is 6.54 Å². The molecule has 1 N–H and O–H groups in total. The molecule has 0 aliphatic heterocycles. The maximum atomic E-state index is 4.64. The number of thiazole rings is 1. The van der Waals surface area contributed by atoms with Crippen LogP contribution in [0, 0.1) is 0 Å². The normalized spacial score (nSPS) is 12.2. The van der Waals surface area contributed by atoms with Crippen molar-refractivity contribution >= 4 is 21.6 Å². The fourth-order valence-electron chi connectivity index (χ4n) is 1.73. The van der Waals surface area contributed by atoms with Crippen molar-refractivity contribution in [1.82, 2.24) is 10.3 Å². The highest BCUT2D eigenvalue weighted by atomic mass is 32.1. The molecule has 0 saturated carbocycles. The molecule has 2 aromatic rings. The van der Waals surface area contributed by atoms with E-state index in [1.54, 1.807) is 0 Å². The molecule has 1 heterocycles. The predicted molar refractivity (Wildman–Crippen MR) is 75.7 cm³/mol. The number of para-hydroxylation sites is 1. The summed E-state index contributed by atoms with van der Waals surface area (Å²) in [4.78, 5) is 4.64. The van der Waals surface area contributed by atoms with Crippen LogP contribution >= 0.6 is 11.3 Å². The van der Waals surface area contributed by atoms with Crippen LogP contribution in [0.15, 0.2) is 24.3 Å². The van der Waals surface area contributed by atoms with Gasteiger partial charge in [0.25, 0.3) is 0 Å². The molecule has 0 amide bonds. The Hall–Kier alpha value is -0.930. The summed E-state index contributed by atoms with van der Waals surface area (Å²) in [6.45, 7) is 7.65. The van der Waals surface area contributed by atoms with Crippen molar-refractivity contribution < 1.29 is 0 Å². The number of aryl methyl sites for hydroxylation is 1. The minimum absolute atomic E-state index is 0.216. The van der Waals surface area contributed by atoms with Gasteiger partial charge in [0.1, 0.15) is 0 Å². The van der Waals surface area contributed by atoms with E-state index in [0.29, 0.717) is 0 Å². The lowest BCUT2D eigenvalue weighted by Gasteiger charge is -2.20. The average Bonchev–Trinajstić information content (AvgIpc) is 2.65. The molecule has 0 aliphatic rings. The monoisotopic (exact) mass is 248 g/mol. The zero-order chi connectivity index (χ0) is 12.3. The molecule has 0 bridgehead atoms. The fourth-order valence-corrected chi connectivity index (χ4v) is 2.74. The summed E-state index contributed by atoms with van der Waals surface area (Å²) in [5, 5.41) is 4.75. The molecule has 2 nitrogen and oxygen atoms in total. The second-order valence-electron chi connectivity index (χ2n) is 5.36. The first kappa shape index (κ1) is 12.5. The molecule has 0 aliphatic carbocycles. The van der Waals surface area contributed by atoms with E-state index in [-0.39, 0.29) is 5.54 Å². The molecule has 2 rings (SSSR count). The second-order valence-corrected chi connectivity index (χ2v) is 6.47. The lowest BCUT2D eigenvalue weighted by atomic mass is 10.1. The number of hydrogen-bond donors (Lipinski definition) is 1. The SMILES string of the molecule is CC(C)(C)NCCCc1nc2ccccc2s1. The van der Waals surface area contributed by atoms with Gasteiger partial charge in [-0.05, 0) is 45.9 Å². The van der Waals surface area contributed by atoms with Gasteiger partial charge in [0.05, 0.1) is 15.2 Å². The second kappa shape index (κ2) is 5.15. The Labute approximate surface area is 107 Å². The van der Waals surface area contributed by atoms with Gasteiger partial charge in [-0.15, -0.1) is 11.3 Å². The molecule has 1 aromatic heterocycles. The fraction of sp³-hybridized carbons (Fsp3) is 0.500. The van der Waals surface area contributed by atoms with Crippen LogP contribution in [0.1, 0.15) is 32.2 Å². The number of rotatable bonds is 4. The zero-order valence-electron chi connectivity index (χ0n) is 10.8. The van der Waals surface area contributed by atoms with Crippen LogP contribution < -0.4 is 5.32 Å². The summed E-state index contributed by atoms with van der Waals surface area (Å²) in [7, 11) is 0. The van der Waals surface area contributed by atoms with Gasteiger partial charge in [-0.25, -0.2) is 4.98 Å². The van der Waals surface area contributed by atoms with E-state index in [0.717, 1.165) is 24.9 Å². The maximum Gasteiger partial charge on any atom is 0.0939 e. The largest absolute Gasteiger partial charge is 0.312 e. The standard InChI is InChI=1S/C14H20N2S/c1-14(2,3)15-10-6-9-13-16-11-7-4-5-8-12(11)17-13/h4-5,7-8,15H,6,9-10H2,1-3H3. The van der Waals surface area contributed by atoms with E-state index in [9.17, 15) is 0 Å². The van der Waals surface area contributed by atoms with Crippen molar-refractivity contribution in [3.63, 3.8) is 0 Å². The summed E-state index contributed by atoms with van der Waals surface area (Å²) in [6.07, 6.45) is 2.22. The topological polar surface area (TPSA) is 24.9 Å². The van der Waals surface area contributed by atoms with Crippen LogP contribution in [0.2, 0.25) is 0 Å². The molecule has 3 heteroatoms. The lowest BCUT2D eigenvalue weighted by Crippen LogP contribution is -2.36. The van der Waals surface area contributed by atoms with Gasteiger partial charge in [0, 0.05) is 12.0 Å². The maximum absolute atomic E-state index is 4.64. The molecule has 92 valence electrons. The molecule has 17 heavy (non-hydrogen) atoms. The first-order chi connectivity index (χ1) is 8.04. The Morgan fingerprint density at radius 1 is 1.24 bits per heavy atom. The first-order valence-corrected chi connectivity index (χ1v) is 6.96. The van der Waals surface area contributed by atoms with Crippen molar-refractivity contribution in [2.24, 2.45) is 0 Å². The predicted octanol–water partition coefficient (Wildman–Crippen LogP) is 3.62. The van der Waals surface area contributed by atoms with Gasteiger partial charge < -0.3 is 5.32 Å². The molecular weight excluding hydrogens is 228 g/mol. The van der Waals surface area contributed by atoms with E-state index in [4.69, 9.17) is 0 Å². The average molecular weight is 248 g/mol. The Bertz CT molecular complexity index is 449. The van der Waals surface area contributed by atoms with E-state index in [1.165, 1.54) is 9.71 Å². The highest BCUT2D eigenvalue weighted by Crippen LogP contribution is 2.22. The molecular formula is C14H20N2S. The third-order valence-corrected chi connectivity index (χ3v) is 3.66. The van der Waals surface area contributed by atoms with Crippen molar-refractivity contribution in [3.05, 3.63) is 29.3 Å². The Morgan fingerprint density at radius 2 is 2.00 bits per heavy atom. The highest BCUT2D eigenvalue weighted by Gasteiger charge is 2.08. The number of hydrogen-bond acceptors (Lipinski definition) is 3. The quantitative estimate of drug-likeness (QED) is 0.836. The molecule has 0 fully saturated rings. The van der Waals surface area contributed by atoms with Gasteiger partial charge in [-0.3, -0.25) is 0 Å². The van der Waals surface area contributed by atoms with Crippen LogP contribution in [-0.2, 0) is 6.42 Å². The molecule has 1 aromatic carbocycles. The summed E-state index contributed by atoms with van der Waals surface area (Å²) < 4.78 is 1.30. The van der Waals surface area contributed by atoms with Gasteiger partial charge in [-0.1, -0.05) is 12.1 Å². The van der Waals surface area contributed by atoms with Crippen molar-refractivity contribution in [2.45, 2.75) is 39.2 Å². The molecule has 0 saturated heterocycles. The summed E-state index contributed by atoms with van der Waals surface area (Å²) in [6, 6.07) is 8.35. The highest BCUT2D eigenvalue weighted by molar-refractivity contribution is 7.18. The minimum Gasteiger partial charge on any atom is -0.312 e. The number of aromatic nitrogens is 1. The molecule has 0 atom stereocenters. The molecule has 0 radical (unpaired) electrons. The minimum atomic E-state index is 0.216. The molecule has 0 unspecified atom stereocenters. The number of benzene rings is 1. The third-order valence-electron chi connectivity index (χ3n) is 2.56. The summed E-state index contributed by atoms with van der Waals surface area (Å²) in [5.41, 5.74) is 1.35. The van der Waals surface area contributed by atoms with Crippen LogP contribution in [0.5, 0.6) is 0 Å². The first-order valence-electron chi connectivity index (χ1n) is 6.14. The van der Waals surface area contributed by atoms with Crippen LogP contribution in [0.25, 0.3) is 10.2 Å². The summed E-state index contributed by atoms with van der Waals surface area (Å²) >= 11 is 1.82. The van der Waals surface area contributed by atoms with Crippen LogP contribution in [-0.4, -0.2) is 17.1 Å². The van der Waals surface area contributed by atoms with Crippen LogP contribution in [0.3, 0.4) is 0 Å². The number of fused-ring (bicyclic) bond motifs is 1. The third kappa shape index (κ3) is 3.79. The van der Waals surface area contributed by atoms with E-state index in [1.807, 2.05) is 17.4 Å². The van der Waals surface area contributed by atoms with Gasteiger partial charge >= 0.3 is 0 Å². The lowest BCUT2D eigenvalue weighted by molar-refractivity contribution is 0.422. The van der Waals surface area contributed by atoms with Gasteiger partial charge in [-0.2, -0.15) is 0 Å². The molecule has 0 spiro atoms. The Balaban J connectivity index is 1.87. The van der Waals surface area contributed by atoms with Crippen molar-refractivity contribution in [1.29, 1.82) is 0 Å². The summed E-state index contributed by atoms with van der Waals surface area (Å²) in [5.74, 6) is 0. The Morgan fingerprint density at radius 3 is 2.71 bits per heavy atom.